The van der Waals surface area contributed by atoms with Gasteiger partial charge in [-0.15, -0.1) is 11.3 Å². The Morgan fingerprint density at radius 1 is 1.25 bits per heavy atom. The molecule has 5 heteroatoms. The molecule has 0 radical (unpaired) electrons. The molecule has 20 heavy (non-hydrogen) atoms. The molecule has 0 amide bonds. The summed E-state index contributed by atoms with van der Waals surface area (Å²) >= 11 is 7.18. The van der Waals surface area contributed by atoms with Gasteiger partial charge in [0.1, 0.15) is 5.82 Å². The van der Waals surface area contributed by atoms with Crippen molar-refractivity contribution in [3.63, 3.8) is 0 Å². The second-order valence-electron chi connectivity index (χ2n) is 4.22. The molecule has 0 aliphatic carbocycles. The summed E-state index contributed by atoms with van der Waals surface area (Å²) in [4.78, 5) is 16.0. The number of hydrogen-bond acceptors (Lipinski definition) is 2. The van der Waals surface area contributed by atoms with E-state index in [1.165, 1.54) is 23.5 Å². The lowest BCUT2D eigenvalue weighted by molar-refractivity contribution is 0.104. The first-order chi connectivity index (χ1) is 9.66. The van der Waals surface area contributed by atoms with Crippen molar-refractivity contribution in [2.24, 2.45) is 0 Å². The molecule has 0 bridgehead atoms. The van der Waals surface area contributed by atoms with Crippen LogP contribution in [0.3, 0.4) is 0 Å². The molecule has 3 rings (SSSR count). The summed E-state index contributed by atoms with van der Waals surface area (Å²) < 4.78 is 13.2. The normalized spacial score (nSPS) is 10.7. The molecule has 0 spiro atoms. The molecule has 2 nitrogen and oxygen atoms in total. The van der Waals surface area contributed by atoms with Crippen molar-refractivity contribution in [2.45, 2.75) is 0 Å². The third kappa shape index (κ3) is 2.28. The smallest absolute Gasteiger partial charge is 0.205 e. The number of hydrogen-bond donors (Lipinski definition) is 1. The zero-order chi connectivity index (χ0) is 14.1. The lowest BCUT2D eigenvalue weighted by Gasteiger charge is -2.04. The molecule has 0 atom stereocenters. The van der Waals surface area contributed by atoms with Gasteiger partial charge in [-0.2, -0.15) is 0 Å². The highest BCUT2D eigenvalue weighted by Crippen LogP contribution is 2.29. The van der Waals surface area contributed by atoms with Gasteiger partial charge in [0.05, 0.1) is 9.90 Å². The van der Waals surface area contributed by atoms with Crippen molar-refractivity contribution >= 4 is 28.7 Å². The zero-order valence-electron chi connectivity index (χ0n) is 10.2. The molecule has 0 aliphatic rings. The van der Waals surface area contributed by atoms with Crippen molar-refractivity contribution in [1.29, 1.82) is 0 Å². The minimum absolute atomic E-state index is 0.0400. The molecule has 100 valence electrons. The van der Waals surface area contributed by atoms with E-state index in [9.17, 15) is 9.18 Å². The van der Waals surface area contributed by atoms with E-state index in [4.69, 9.17) is 11.6 Å². The van der Waals surface area contributed by atoms with Crippen LogP contribution in [-0.4, -0.2) is 10.8 Å². The summed E-state index contributed by atoms with van der Waals surface area (Å²) in [7, 11) is 0. The Bertz CT molecular complexity index is 764. The number of carbonyl (C=O) groups excluding carboxylic acids is 1. The van der Waals surface area contributed by atoms with Gasteiger partial charge in [0.15, 0.2) is 0 Å². The van der Waals surface area contributed by atoms with Crippen molar-refractivity contribution in [3.8, 4) is 11.1 Å². The van der Waals surface area contributed by atoms with E-state index < -0.39 is 5.82 Å². The van der Waals surface area contributed by atoms with Gasteiger partial charge < -0.3 is 4.98 Å². The highest BCUT2D eigenvalue weighted by atomic mass is 35.5. The minimum Gasteiger partial charge on any atom is -0.366 e. The number of thiophene rings is 1. The molecule has 2 aromatic heterocycles. The van der Waals surface area contributed by atoms with Crippen LogP contribution in [0.15, 0.2) is 48.1 Å². The number of aromatic amines is 1. The molecule has 1 N–H and O–H groups in total. The summed E-state index contributed by atoms with van der Waals surface area (Å²) in [5.74, 6) is -0.534. The van der Waals surface area contributed by atoms with Crippen molar-refractivity contribution < 1.29 is 9.18 Å². The van der Waals surface area contributed by atoms with Crippen molar-refractivity contribution in [3.05, 3.63) is 69.4 Å². The number of benzene rings is 1. The number of halogens is 2. The molecule has 0 unspecified atom stereocenters. The van der Waals surface area contributed by atoms with Crippen LogP contribution in [0.25, 0.3) is 11.1 Å². The van der Waals surface area contributed by atoms with E-state index in [2.05, 4.69) is 4.98 Å². The number of rotatable bonds is 3. The van der Waals surface area contributed by atoms with Crippen LogP contribution >= 0.6 is 22.9 Å². The Hall–Kier alpha value is -1.91. The number of ketones is 1. The molecular formula is C15H9ClFNOS. The zero-order valence-corrected chi connectivity index (χ0v) is 11.8. The molecule has 0 aliphatic heterocycles. The van der Waals surface area contributed by atoms with E-state index in [0.717, 1.165) is 0 Å². The van der Waals surface area contributed by atoms with E-state index in [-0.39, 0.29) is 10.8 Å². The molecule has 2 heterocycles. The number of aromatic nitrogens is 1. The largest absolute Gasteiger partial charge is 0.366 e. The van der Waals surface area contributed by atoms with Gasteiger partial charge in [0.2, 0.25) is 5.78 Å². The second-order valence-corrected chi connectivity index (χ2v) is 5.57. The second kappa shape index (κ2) is 5.23. The Morgan fingerprint density at radius 3 is 2.80 bits per heavy atom. The minimum atomic E-state index is -0.475. The lowest BCUT2D eigenvalue weighted by atomic mass is 10.0. The maximum Gasteiger partial charge on any atom is 0.205 e. The maximum atomic E-state index is 13.2. The van der Waals surface area contributed by atoms with Gasteiger partial charge >= 0.3 is 0 Å². The first-order valence-electron chi connectivity index (χ1n) is 5.87. The van der Waals surface area contributed by atoms with Gasteiger partial charge in [-0.25, -0.2) is 4.39 Å². The molecule has 3 aromatic rings. The number of carbonyl (C=O) groups is 1. The molecule has 0 saturated carbocycles. The maximum absolute atomic E-state index is 13.2. The van der Waals surface area contributed by atoms with Crippen molar-refractivity contribution in [1.82, 2.24) is 4.98 Å². The van der Waals surface area contributed by atoms with Crippen molar-refractivity contribution in [2.75, 3.05) is 0 Å². The first-order valence-corrected chi connectivity index (χ1v) is 7.13. The summed E-state index contributed by atoms with van der Waals surface area (Å²) in [6, 6.07) is 8.03. The molecular weight excluding hydrogens is 297 g/mol. The highest BCUT2D eigenvalue weighted by Gasteiger charge is 2.17. The van der Waals surface area contributed by atoms with Crippen LogP contribution in [0.4, 0.5) is 4.39 Å². The predicted octanol–water partition coefficient (Wildman–Crippen LogP) is 4.77. The van der Waals surface area contributed by atoms with Crippen LogP contribution in [0.1, 0.15) is 15.2 Å². The van der Waals surface area contributed by atoms with Crippen LogP contribution in [0.2, 0.25) is 5.02 Å². The molecule has 1 aromatic carbocycles. The highest BCUT2D eigenvalue weighted by molar-refractivity contribution is 7.12. The number of H-pyrrole nitrogens is 1. The summed E-state index contributed by atoms with van der Waals surface area (Å²) in [6.07, 6.45) is 3.36. The predicted molar refractivity (Wildman–Crippen MR) is 78.9 cm³/mol. The van der Waals surface area contributed by atoms with Crippen LogP contribution in [-0.2, 0) is 0 Å². The lowest BCUT2D eigenvalue weighted by Crippen LogP contribution is -1.98. The average molecular weight is 306 g/mol. The SMILES string of the molecule is O=C(c1cccs1)c1c[nH]cc1-c1ccc(F)c(Cl)c1. The Kier molecular flexibility index (Phi) is 3.42. The average Bonchev–Trinajstić information content (AvgIpc) is 3.11. The monoisotopic (exact) mass is 305 g/mol. The van der Waals surface area contributed by atoms with Gasteiger partial charge in [0.25, 0.3) is 0 Å². The van der Waals surface area contributed by atoms with Gasteiger partial charge in [-0.05, 0) is 29.1 Å². The fraction of sp³-hybridized carbons (Fsp3) is 0. The van der Waals surface area contributed by atoms with E-state index in [1.54, 1.807) is 24.5 Å². The summed E-state index contributed by atoms with van der Waals surface area (Å²) in [6.45, 7) is 0. The van der Waals surface area contributed by atoms with Crippen LogP contribution < -0.4 is 0 Å². The quantitative estimate of drug-likeness (QED) is 0.695. The standard InChI is InChI=1S/C15H9ClFNOS/c16-12-6-9(3-4-13(12)17)10-7-18-8-11(10)15(19)14-2-1-5-20-14/h1-8,18H. The van der Waals surface area contributed by atoms with Crippen LogP contribution in [0, 0.1) is 5.82 Å². The fourth-order valence-electron chi connectivity index (χ4n) is 1.99. The van der Waals surface area contributed by atoms with Gasteiger partial charge in [-0.1, -0.05) is 23.7 Å². The Labute approximate surface area is 123 Å². The van der Waals surface area contributed by atoms with Gasteiger partial charge in [0, 0.05) is 23.5 Å². The van der Waals surface area contributed by atoms with E-state index in [0.29, 0.717) is 21.6 Å². The van der Waals surface area contributed by atoms with Gasteiger partial charge in [-0.3, -0.25) is 4.79 Å². The Morgan fingerprint density at radius 2 is 2.10 bits per heavy atom. The topological polar surface area (TPSA) is 32.9 Å². The molecule has 0 saturated heterocycles. The summed E-state index contributed by atoms with van der Waals surface area (Å²) in [5.41, 5.74) is 1.97. The van der Waals surface area contributed by atoms with E-state index >= 15 is 0 Å². The van der Waals surface area contributed by atoms with Crippen LogP contribution in [0.5, 0.6) is 0 Å². The number of nitrogens with one attached hydrogen (secondary N) is 1. The Balaban J connectivity index is 2.06. The third-order valence-corrected chi connectivity index (χ3v) is 4.12. The first kappa shape index (κ1) is 13.1. The van der Waals surface area contributed by atoms with E-state index in [1.807, 2.05) is 11.4 Å². The summed E-state index contributed by atoms with van der Waals surface area (Å²) in [5, 5.41) is 1.90. The molecule has 0 fully saturated rings. The fourth-order valence-corrected chi connectivity index (χ4v) is 2.85. The third-order valence-electron chi connectivity index (χ3n) is 2.97.